The van der Waals surface area contributed by atoms with Gasteiger partial charge in [-0.3, -0.25) is 0 Å². The van der Waals surface area contributed by atoms with Gasteiger partial charge in [-0.05, 0) is 13.0 Å². The van der Waals surface area contributed by atoms with Gasteiger partial charge in [-0.1, -0.05) is 0 Å². The fourth-order valence-corrected chi connectivity index (χ4v) is 1.56. The number of aryl methyl sites for hydroxylation is 1. The van der Waals surface area contributed by atoms with Crippen molar-refractivity contribution in [2.24, 2.45) is 12.8 Å². The highest BCUT2D eigenvalue weighted by Crippen LogP contribution is 2.19. The van der Waals surface area contributed by atoms with Crippen LogP contribution in [0.2, 0.25) is 0 Å². The molecule has 15 heavy (non-hydrogen) atoms. The number of hydrogen-bond acceptors (Lipinski definition) is 4. The molecule has 0 aromatic carbocycles. The third-order valence-corrected chi connectivity index (χ3v) is 2.32. The highest BCUT2D eigenvalue weighted by molar-refractivity contribution is 5.57. The minimum atomic E-state index is -0.479. The van der Waals surface area contributed by atoms with Crippen LogP contribution in [0.4, 0.5) is 11.4 Å². The Morgan fingerprint density at radius 2 is 1.87 bits per heavy atom. The normalized spacial score (nSPS) is 12.7. The fourth-order valence-electron chi connectivity index (χ4n) is 1.56. The summed E-state index contributed by atoms with van der Waals surface area (Å²) in [6.07, 6.45) is 4.09. The van der Waals surface area contributed by atoms with Crippen molar-refractivity contribution in [3.63, 3.8) is 0 Å². The maximum absolute atomic E-state index is 9.62. The Labute approximate surface area is 89.5 Å². The molecule has 84 valence electrons. The van der Waals surface area contributed by atoms with Crippen LogP contribution in [0.3, 0.4) is 0 Å². The molecule has 0 saturated heterocycles. The molecule has 5 heteroatoms. The van der Waals surface area contributed by atoms with Crippen molar-refractivity contribution in [2.75, 3.05) is 18.0 Å². The first-order chi connectivity index (χ1) is 7.04. The van der Waals surface area contributed by atoms with E-state index < -0.39 is 6.10 Å². The molecule has 0 aliphatic heterocycles. The highest BCUT2D eigenvalue weighted by Gasteiger charge is 2.13. The average Bonchev–Trinajstić information content (AvgIpc) is 2.11. The van der Waals surface area contributed by atoms with Crippen molar-refractivity contribution >= 4 is 11.4 Å². The summed E-state index contributed by atoms with van der Waals surface area (Å²) < 4.78 is 1.80. The second-order valence-electron chi connectivity index (χ2n) is 3.75. The van der Waals surface area contributed by atoms with Crippen molar-refractivity contribution in [1.29, 1.82) is 0 Å². The zero-order chi connectivity index (χ0) is 11.4. The number of nitrogens with two attached hydrogens (primary N) is 3. The van der Waals surface area contributed by atoms with Crippen LogP contribution < -0.4 is 21.8 Å². The molecule has 1 aromatic rings. The Morgan fingerprint density at radius 1 is 1.33 bits per heavy atom. The summed E-state index contributed by atoms with van der Waals surface area (Å²) in [4.78, 5) is 0. The Morgan fingerprint density at radius 3 is 2.33 bits per heavy atom. The van der Waals surface area contributed by atoms with Crippen molar-refractivity contribution < 1.29 is 9.67 Å². The first kappa shape index (κ1) is 11.7. The van der Waals surface area contributed by atoms with Crippen LogP contribution in [0, 0.1) is 0 Å². The lowest BCUT2D eigenvalue weighted by molar-refractivity contribution is -0.670. The fraction of sp³-hybridized carbons (Fsp3) is 0.500. The van der Waals surface area contributed by atoms with Crippen molar-refractivity contribution in [3.8, 4) is 0 Å². The second-order valence-corrected chi connectivity index (χ2v) is 3.75. The van der Waals surface area contributed by atoms with Crippen LogP contribution in [0.5, 0.6) is 0 Å². The maximum Gasteiger partial charge on any atom is 0.192 e. The summed E-state index contributed by atoms with van der Waals surface area (Å²) in [5.41, 5.74) is 19.0. The van der Waals surface area contributed by atoms with Crippen LogP contribution in [0.25, 0.3) is 0 Å². The molecule has 1 unspecified atom stereocenters. The molecule has 1 aromatic heterocycles. The van der Waals surface area contributed by atoms with E-state index >= 15 is 0 Å². The predicted molar refractivity (Wildman–Crippen MR) is 59.8 cm³/mol. The van der Waals surface area contributed by atoms with Crippen molar-refractivity contribution in [1.82, 2.24) is 0 Å². The number of pyridine rings is 1. The van der Waals surface area contributed by atoms with E-state index in [1.807, 2.05) is 7.05 Å². The van der Waals surface area contributed by atoms with Gasteiger partial charge in [0.25, 0.3) is 0 Å². The van der Waals surface area contributed by atoms with Gasteiger partial charge in [-0.15, -0.1) is 0 Å². The largest absolute Gasteiger partial charge is 0.394 e. The van der Waals surface area contributed by atoms with E-state index in [1.165, 1.54) is 0 Å². The topological polar surface area (TPSA) is 102 Å². The third-order valence-electron chi connectivity index (χ3n) is 2.32. The zero-order valence-corrected chi connectivity index (χ0v) is 8.98. The van der Waals surface area contributed by atoms with E-state index in [0.717, 1.165) is 5.56 Å². The van der Waals surface area contributed by atoms with Gasteiger partial charge in [-0.2, -0.15) is 0 Å². The van der Waals surface area contributed by atoms with Gasteiger partial charge in [0.2, 0.25) is 0 Å². The molecule has 1 rings (SSSR count). The summed E-state index contributed by atoms with van der Waals surface area (Å²) in [5.74, 6) is 0. The minimum Gasteiger partial charge on any atom is -0.394 e. The van der Waals surface area contributed by atoms with Gasteiger partial charge in [0.1, 0.15) is 18.4 Å². The van der Waals surface area contributed by atoms with Gasteiger partial charge in [0.15, 0.2) is 12.4 Å². The molecule has 1 heterocycles. The van der Waals surface area contributed by atoms with Gasteiger partial charge in [0.05, 0.1) is 6.10 Å². The number of hydrogen-bond donors (Lipinski definition) is 4. The monoisotopic (exact) mass is 211 g/mol. The van der Waals surface area contributed by atoms with Crippen LogP contribution in [-0.2, 0) is 13.5 Å². The van der Waals surface area contributed by atoms with Gasteiger partial charge < -0.3 is 22.3 Å². The summed E-state index contributed by atoms with van der Waals surface area (Å²) in [7, 11) is 1.85. The lowest BCUT2D eigenvalue weighted by Gasteiger charge is -2.12. The van der Waals surface area contributed by atoms with Crippen molar-refractivity contribution in [2.45, 2.75) is 18.9 Å². The summed E-state index contributed by atoms with van der Waals surface area (Å²) in [5, 5.41) is 9.62. The zero-order valence-electron chi connectivity index (χ0n) is 8.98. The number of nitrogen functional groups attached to an aromatic ring is 2. The smallest absolute Gasteiger partial charge is 0.192 e. The Kier molecular flexibility index (Phi) is 3.88. The van der Waals surface area contributed by atoms with Gasteiger partial charge in [-0.25, -0.2) is 4.57 Å². The van der Waals surface area contributed by atoms with Crippen LogP contribution in [-0.4, -0.2) is 17.8 Å². The molecular formula is C10H19N4O+. The molecule has 0 bridgehead atoms. The Bertz CT molecular complexity index is 317. The molecule has 0 spiro atoms. The maximum atomic E-state index is 9.62. The van der Waals surface area contributed by atoms with E-state index in [2.05, 4.69) is 0 Å². The molecule has 0 saturated carbocycles. The summed E-state index contributed by atoms with van der Waals surface area (Å²) in [6, 6.07) is 0. The van der Waals surface area contributed by atoms with Crippen LogP contribution in [0.15, 0.2) is 12.4 Å². The lowest BCUT2D eigenvalue weighted by atomic mass is 10.0. The van der Waals surface area contributed by atoms with Crippen LogP contribution in [0.1, 0.15) is 12.0 Å². The van der Waals surface area contributed by atoms with Crippen LogP contribution >= 0.6 is 0 Å². The number of rotatable bonds is 4. The molecule has 0 aliphatic carbocycles. The Hall–Kier alpha value is -1.33. The number of aliphatic hydroxyl groups is 1. The average molecular weight is 211 g/mol. The molecule has 0 aliphatic rings. The van der Waals surface area contributed by atoms with E-state index in [0.29, 0.717) is 30.8 Å². The molecule has 7 N–H and O–H groups in total. The number of aliphatic hydroxyl groups excluding tert-OH is 1. The molecule has 1 atom stereocenters. The van der Waals surface area contributed by atoms with Gasteiger partial charge >= 0.3 is 0 Å². The van der Waals surface area contributed by atoms with Gasteiger partial charge in [0, 0.05) is 12.0 Å². The number of anilines is 2. The predicted octanol–water partition coefficient (Wildman–Crippen LogP) is -1.07. The molecular weight excluding hydrogens is 192 g/mol. The highest BCUT2D eigenvalue weighted by atomic mass is 16.3. The molecule has 0 fully saturated rings. The molecule has 5 nitrogen and oxygen atoms in total. The number of aromatic nitrogens is 1. The molecule has 0 amide bonds. The Balaban J connectivity index is 2.85. The quantitative estimate of drug-likeness (QED) is 0.476. The SMILES string of the molecule is C[n+]1cc(N)c(CC(O)CCN)c(N)c1. The first-order valence-corrected chi connectivity index (χ1v) is 4.95. The second kappa shape index (κ2) is 4.95. The van der Waals surface area contributed by atoms with E-state index in [4.69, 9.17) is 17.2 Å². The van der Waals surface area contributed by atoms with E-state index in [1.54, 1.807) is 17.0 Å². The molecule has 0 radical (unpaired) electrons. The summed E-state index contributed by atoms with van der Waals surface area (Å²) in [6.45, 7) is 0.460. The summed E-state index contributed by atoms with van der Waals surface area (Å²) >= 11 is 0. The minimum absolute atomic E-state index is 0.454. The van der Waals surface area contributed by atoms with Crippen molar-refractivity contribution in [3.05, 3.63) is 18.0 Å². The number of nitrogens with zero attached hydrogens (tertiary/aromatic N) is 1. The van der Waals surface area contributed by atoms with E-state index in [-0.39, 0.29) is 0 Å². The first-order valence-electron chi connectivity index (χ1n) is 4.95. The lowest BCUT2D eigenvalue weighted by Crippen LogP contribution is -2.29. The van der Waals surface area contributed by atoms with E-state index in [9.17, 15) is 5.11 Å². The standard InChI is InChI=1S/C10H19N4O/c1-14-5-9(12)8(10(13)6-14)4-7(15)2-3-11/h5-7,15H,2-4,11-13H2,1H3/q+1. The third kappa shape index (κ3) is 3.07.